The van der Waals surface area contributed by atoms with Gasteiger partial charge >= 0.3 is 6.03 Å². The highest BCUT2D eigenvalue weighted by molar-refractivity contribution is 7.90. The maximum Gasteiger partial charge on any atom is 0.338 e. The summed E-state index contributed by atoms with van der Waals surface area (Å²) >= 11 is 0. The van der Waals surface area contributed by atoms with E-state index in [1.807, 2.05) is 0 Å². The van der Waals surface area contributed by atoms with E-state index in [4.69, 9.17) is 5.73 Å². The molecule has 0 unspecified atom stereocenters. The largest absolute Gasteiger partial charge is 0.338 e. The van der Waals surface area contributed by atoms with Gasteiger partial charge in [0.1, 0.15) is 0 Å². The number of nitrogens with zero attached hydrogens (tertiary/aromatic N) is 1. The number of rotatable bonds is 6. The lowest BCUT2D eigenvalue weighted by Gasteiger charge is -2.27. The van der Waals surface area contributed by atoms with Crippen LogP contribution in [-0.4, -0.2) is 37.2 Å². The Balaban J connectivity index is 1.94. The van der Waals surface area contributed by atoms with Crippen molar-refractivity contribution in [1.82, 2.24) is 9.62 Å². The third-order valence-electron chi connectivity index (χ3n) is 5.22. The molecule has 1 fully saturated rings. The summed E-state index contributed by atoms with van der Waals surface area (Å²) in [5.41, 5.74) is 6.54. The van der Waals surface area contributed by atoms with Crippen molar-refractivity contribution in [2.24, 2.45) is 5.73 Å². The van der Waals surface area contributed by atoms with Crippen LogP contribution in [0.4, 0.5) is 4.79 Å². The van der Waals surface area contributed by atoms with Crippen molar-refractivity contribution >= 4 is 22.0 Å². The molecule has 30 heavy (non-hydrogen) atoms. The van der Waals surface area contributed by atoms with Crippen LogP contribution in [0.3, 0.4) is 0 Å². The zero-order valence-electron chi connectivity index (χ0n) is 16.8. The van der Waals surface area contributed by atoms with Crippen LogP contribution in [0.1, 0.15) is 48.0 Å². The zero-order valence-corrected chi connectivity index (χ0v) is 17.6. The van der Waals surface area contributed by atoms with Crippen molar-refractivity contribution in [2.45, 2.75) is 49.5 Å². The van der Waals surface area contributed by atoms with E-state index in [1.54, 1.807) is 30.3 Å². The van der Waals surface area contributed by atoms with Crippen LogP contribution >= 0.6 is 0 Å². The summed E-state index contributed by atoms with van der Waals surface area (Å²) in [5.74, 6) is -0.880. The number of nitrogens with two attached hydrogens (primary N) is 1. The van der Waals surface area contributed by atoms with E-state index in [1.165, 1.54) is 24.3 Å². The van der Waals surface area contributed by atoms with E-state index >= 15 is 0 Å². The second kappa shape index (κ2) is 9.86. The number of nitrogens with one attached hydrogen (secondary N) is 1. The standard InChI is InChI=1S/C22H27N3O4S/c23-16-15-17-11-13-20(14-12-17)30(28,29)25(21(26)18-7-3-1-4-8-18)22(27)24-19-9-5-2-6-10-19/h1,3-4,7-8,11-14,19H,2,5-6,9-10,15-16,23H2,(H,24,27). The number of amides is 3. The third kappa shape index (κ3) is 5.06. The second-order valence-electron chi connectivity index (χ2n) is 7.41. The number of carbonyl (C=O) groups excluding carboxylic acids is 2. The molecule has 3 amide bonds. The van der Waals surface area contributed by atoms with Crippen LogP contribution in [0.15, 0.2) is 59.5 Å². The van der Waals surface area contributed by atoms with Gasteiger partial charge in [-0.15, -0.1) is 4.31 Å². The number of imide groups is 1. The van der Waals surface area contributed by atoms with Crippen molar-refractivity contribution in [3.8, 4) is 0 Å². The quantitative estimate of drug-likeness (QED) is 0.733. The SMILES string of the molecule is NCCc1ccc(S(=O)(=O)N(C(=O)NC2CCCCC2)C(=O)c2ccccc2)cc1. The summed E-state index contributed by atoms with van der Waals surface area (Å²) in [4.78, 5) is 26.0. The van der Waals surface area contributed by atoms with Crippen molar-refractivity contribution < 1.29 is 18.0 Å². The molecule has 3 N–H and O–H groups in total. The first kappa shape index (κ1) is 22.0. The molecule has 2 aromatic rings. The molecule has 8 heteroatoms. The fourth-order valence-corrected chi connectivity index (χ4v) is 4.87. The summed E-state index contributed by atoms with van der Waals surface area (Å²) < 4.78 is 27.0. The Labute approximate surface area is 177 Å². The monoisotopic (exact) mass is 429 g/mol. The molecule has 3 rings (SSSR count). The summed E-state index contributed by atoms with van der Waals surface area (Å²) in [6.07, 6.45) is 5.17. The molecule has 0 bridgehead atoms. The van der Waals surface area contributed by atoms with Crippen LogP contribution in [0.2, 0.25) is 0 Å². The Morgan fingerprint density at radius 1 is 0.967 bits per heavy atom. The molecule has 1 aliphatic rings. The molecule has 0 aromatic heterocycles. The number of hydrogen-bond donors (Lipinski definition) is 2. The first-order valence-electron chi connectivity index (χ1n) is 10.2. The first-order chi connectivity index (χ1) is 14.4. The molecule has 1 saturated carbocycles. The lowest BCUT2D eigenvalue weighted by Crippen LogP contribution is -2.50. The van der Waals surface area contributed by atoms with Gasteiger partial charge in [-0.3, -0.25) is 4.79 Å². The Hall–Kier alpha value is -2.71. The Morgan fingerprint density at radius 2 is 1.60 bits per heavy atom. The second-order valence-corrected chi connectivity index (χ2v) is 9.19. The van der Waals surface area contributed by atoms with E-state index in [0.717, 1.165) is 37.7 Å². The van der Waals surface area contributed by atoms with Crippen LogP contribution in [0.25, 0.3) is 0 Å². The van der Waals surface area contributed by atoms with Gasteiger partial charge in [0.25, 0.3) is 15.9 Å². The molecule has 0 radical (unpaired) electrons. The lowest BCUT2D eigenvalue weighted by atomic mass is 9.96. The predicted octanol–water partition coefficient (Wildman–Crippen LogP) is 3.06. The average molecular weight is 430 g/mol. The minimum Gasteiger partial charge on any atom is -0.334 e. The van der Waals surface area contributed by atoms with E-state index in [-0.39, 0.29) is 16.5 Å². The molecule has 2 aromatic carbocycles. The minimum absolute atomic E-state index is 0.119. The fraction of sp³-hybridized carbons (Fsp3) is 0.364. The molecule has 0 atom stereocenters. The van der Waals surface area contributed by atoms with Crippen molar-refractivity contribution in [3.05, 3.63) is 65.7 Å². The van der Waals surface area contributed by atoms with E-state index in [2.05, 4.69) is 5.32 Å². The zero-order chi connectivity index (χ0) is 21.6. The number of hydrogen-bond acceptors (Lipinski definition) is 5. The fourth-order valence-electron chi connectivity index (χ4n) is 3.59. The predicted molar refractivity (Wildman–Crippen MR) is 114 cm³/mol. The topological polar surface area (TPSA) is 110 Å². The normalized spacial score (nSPS) is 14.8. The van der Waals surface area contributed by atoms with Gasteiger partial charge in [0, 0.05) is 11.6 Å². The number of carbonyl (C=O) groups is 2. The van der Waals surface area contributed by atoms with Gasteiger partial charge in [0.05, 0.1) is 4.90 Å². The molecule has 160 valence electrons. The van der Waals surface area contributed by atoms with E-state index < -0.39 is 22.0 Å². The molecular formula is C22H27N3O4S. The molecule has 0 aliphatic heterocycles. The smallest absolute Gasteiger partial charge is 0.334 e. The van der Waals surface area contributed by atoms with Crippen LogP contribution in [-0.2, 0) is 16.4 Å². The summed E-state index contributed by atoms with van der Waals surface area (Å²) in [7, 11) is -4.39. The minimum atomic E-state index is -4.39. The van der Waals surface area contributed by atoms with Crippen LogP contribution in [0.5, 0.6) is 0 Å². The van der Waals surface area contributed by atoms with Gasteiger partial charge in [-0.25, -0.2) is 13.2 Å². The van der Waals surface area contributed by atoms with Gasteiger partial charge in [0.2, 0.25) is 0 Å². The van der Waals surface area contributed by atoms with Crippen molar-refractivity contribution in [1.29, 1.82) is 0 Å². The summed E-state index contributed by atoms with van der Waals surface area (Å²) in [5, 5.41) is 2.75. The van der Waals surface area contributed by atoms with Gasteiger partial charge in [-0.05, 0) is 55.6 Å². The van der Waals surface area contributed by atoms with Crippen molar-refractivity contribution in [3.63, 3.8) is 0 Å². The van der Waals surface area contributed by atoms with E-state index in [0.29, 0.717) is 17.3 Å². The molecule has 7 nitrogen and oxygen atoms in total. The number of sulfonamides is 1. The molecule has 0 heterocycles. The first-order valence-corrected chi connectivity index (χ1v) is 11.6. The maximum absolute atomic E-state index is 13.3. The average Bonchev–Trinajstić information content (AvgIpc) is 2.75. The Kier molecular flexibility index (Phi) is 7.23. The van der Waals surface area contributed by atoms with Crippen molar-refractivity contribution in [2.75, 3.05) is 6.54 Å². The molecular weight excluding hydrogens is 402 g/mol. The van der Waals surface area contributed by atoms with E-state index in [9.17, 15) is 18.0 Å². The van der Waals surface area contributed by atoms with Crippen LogP contribution < -0.4 is 11.1 Å². The Morgan fingerprint density at radius 3 is 2.20 bits per heavy atom. The highest BCUT2D eigenvalue weighted by atomic mass is 32.2. The molecule has 1 aliphatic carbocycles. The van der Waals surface area contributed by atoms with Gasteiger partial charge in [-0.2, -0.15) is 0 Å². The maximum atomic E-state index is 13.3. The highest BCUT2D eigenvalue weighted by Crippen LogP contribution is 2.22. The van der Waals surface area contributed by atoms with Gasteiger partial charge in [-0.1, -0.05) is 49.6 Å². The summed E-state index contributed by atoms with van der Waals surface area (Å²) in [6.45, 7) is 0.439. The Bertz CT molecular complexity index is 969. The molecule has 0 saturated heterocycles. The molecule has 0 spiro atoms. The van der Waals surface area contributed by atoms with Gasteiger partial charge < -0.3 is 11.1 Å². The third-order valence-corrected chi connectivity index (χ3v) is 6.90. The number of benzene rings is 2. The number of urea groups is 1. The van der Waals surface area contributed by atoms with Gasteiger partial charge in [0.15, 0.2) is 0 Å². The summed E-state index contributed by atoms with van der Waals surface area (Å²) in [6, 6.07) is 13.0. The lowest BCUT2D eigenvalue weighted by molar-refractivity contribution is 0.0883. The highest BCUT2D eigenvalue weighted by Gasteiger charge is 2.37. The van der Waals surface area contributed by atoms with Crippen LogP contribution in [0, 0.1) is 0 Å².